The van der Waals surface area contributed by atoms with E-state index in [1.54, 1.807) is 0 Å². The maximum atomic E-state index is 11.6. The first-order chi connectivity index (χ1) is 9.61. The van der Waals surface area contributed by atoms with Gasteiger partial charge in [0.15, 0.2) is 0 Å². The van der Waals surface area contributed by atoms with E-state index in [0.717, 1.165) is 38.5 Å². The number of carbonyl (C=O) groups excluding carboxylic acids is 1. The Kier molecular flexibility index (Phi) is 5.41. The van der Waals surface area contributed by atoms with Crippen LogP contribution in [0.1, 0.15) is 51.9 Å². The van der Waals surface area contributed by atoms with Gasteiger partial charge in [-0.3, -0.25) is 4.79 Å². The summed E-state index contributed by atoms with van der Waals surface area (Å²) >= 11 is 0. The van der Waals surface area contributed by atoms with Crippen molar-refractivity contribution in [2.45, 2.75) is 69.6 Å². The molecule has 0 aromatic rings. The minimum absolute atomic E-state index is 0.0949. The largest absolute Gasteiger partial charge is 0.466 e. The van der Waals surface area contributed by atoms with Crippen LogP contribution in [0.3, 0.4) is 0 Å². The van der Waals surface area contributed by atoms with Gasteiger partial charge in [0.2, 0.25) is 0 Å². The normalized spacial score (nSPS) is 35.1. The highest BCUT2D eigenvalue weighted by Crippen LogP contribution is 2.44. The van der Waals surface area contributed by atoms with E-state index < -0.39 is 6.10 Å². The van der Waals surface area contributed by atoms with E-state index in [1.165, 1.54) is 0 Å². The van der Waals surface area contributed by atoms with Crippen molar-refractivity contribution in [2.24, 2.45) is 5.92 Å². The van der Waals surface area contributed by atoms with Gasteiger partial charge in [-0.25, -0.2) is 0 Å². The van der Waals surface area contributed by atoms with Crippen molar-refractivity contribution < 1.29 is 19.7 Å². The van der Waals surface area contributed by atoms with Crippen molar-refractivity contribution in [3.63, 3.8) is 0 Å². The number of aliphatic hydroxyl groups is 2. The van der Waals surface area contributed by atoms with Gasteiger partial charge in [0, 0.05) is 17.5 Å². The van der Waals surface area contributed by atoms with Crippen LogP contribution >= 0.6 is 0 Å². The van der Waals surface area contributed by atoms with Crippen LogP contribution in [0.4, 0.5) is 0 Å². The molecule has 0 bridgehead atoms. The molecule has 5 heteroatoms. The fourth-order valence-corrected chi connectivity index (χ4v) is 4.07. The van der Waals surface area contributed by atoms with E-state index >= 15 is 0 Å². The standard InChI is InChI=1S/C15H27NO4/c1-2-20-14(19)9-11-5-3-7-15(16-11)8-4-6-12(15)13(18)10-17/h11-13,16-18H,2-10H2,1H3/t11-,12+,13+,15+/m0/s1. The molecule has 0 aromatic carbocycles. The molecule has 5 nitrogen and oxygen atoms in total. The van der Waals surface area contributed by atoms with Crippen LogP contribution in [0, 0.1) is 5.92 Å². The van der Waals surface area contributed by atoms with Gasteiger partial charge < -0.3 is 20.3 Å². The average molecular weight is 285 g/mol. The van der Waals surface area contributed by atoms with E-state index in [2.05, 4.69) is 5.32 Å². The highest BCUT2D eigenvalue weighted by atomic mass is 16.5. The van der Waals surface area contributed by atoms with Crippen LogP contribution in [0.15, 0.2) is 0 Å². The zero-order valence-electron chi connectivity index (χ0n) is 12.3. The summed E-state index contributed by atoms with van der Waals surface area (Å²) < 4.78 is 5.02. The molecule has 1 aliphatic carbocycles. The van der Waals surface area contributed by atoms with Gasteiger partial charge in [-0.05, 0) is 32.6 Å². The molecule has 20 heavy (non-hydrogen) atoms. The molecule has 2 fully saturated rings. The second-order valence-corrected chi connectivity index (χ2v) is 6.15. The van der Waals surface area contributed by atoms with Crippen molar-refractivity contribution in [3.05, 3.63) is 0 Å². The topological polar surface area (TPSA) is 78.8 Å². The number of piperidine rings is 1. The van der Waals surface area contributed by atoms with Crippen molar-refractivity contribution >= 4 is 5.97 Å². The smallest absolute Gasteiger partial charge is 0.307 e. The SMILES string of the molecule is CCOC(=O)C[C@@H]1CCC[C@]2(CCC[C@@H]2[C@H](O)CO)N1. The molecule has 1 saturated carbocycles. The molecule has 1 aliphatic heterocycles. The Morgan fingerprint density at radius 1 is 1.40 bits per heavy atom. The molecule has 0 unspecified atom stereocenters. The van der Waals surface area contributed by atoms with Crippen LogP contribution in [-0.4, -0.2) is 47.1 Å². The van der Waals surface area contributed by atoms with Crippen molar-refractivity contribution in [1.29, 1.82) is 0 Å². The Balaban J connectivity index is 1.99. The molecule has 116 valence electrons. The molecule has 4 atom stereocenters. The third-order valence-electron chi connectivity index (χ3n) is 4.88. The Bertz CT molecular complexity index is 336. The van der Waals surface area contributed by atoms with Crippen LogP contribution < -0.4 is 5.32 Å². The van der Waals surface area contributed by atoms with Crippen LogP contribution in [-0.2, 0) is 9.53 Å². The fraction of sp³-hybridized carbons (Fsp3) is 0.933. The number of aliphatic hydroxyl groups excluding tert-OH is 2. The molecule has 0 aromatic heterocycles. The molecule has 0 radical (unpaired) electrons. The number of hydrogen-bond acceptors (Lipinski definition) is 5. The first-order valence-electron chi connectivity index (χ1n) is 7.83. The van der Waals surface area contributed by atoms with E-state index in [1.807, 2.05) is 6.92 Å². The molecular weight excluding hydrogens is 258 g/mol. The Labute approximate surface area is 120 Å². The number of hydrogen-bond donors (Lipinski definition) is 3. The molecule has 3 N–H and O–H groups in total. The number of rotatable bonds is 5. The van der Waals surface area contributed by atoms with Crippen LogP contribution in [0.25, 0.3) is 0 Å². The zero-order valence-corrected chi connectivity index (χ0v) is 12.3. The lowest BCUT2D eigenvalue weighted by atomic mass is 9.75. The van der Waals surface area contributed by atoms with Gasteiger partial charge in [-0.1, -0.05) is 12.8 Å². The average Bonchev–Trinajstić information content (AvgIpc) is 2.81. The minimum Gasteiger partial charge on any atom is -0.466 e. The van der Waals surface area contributed by atoms with Gasteiger partial charge in [0.05, 0.1) is 25.7 Å². The van der Waals surface area contributed by atoms with Gasteiger partial charge in [0.25, 0.3) is 0 Å². The molecule has 1 saturated heterocycles. The number of carbonyl (C=O) groups is 1. The van der Waals surface area contributed by atoms with E-state index in [0.29, 0.717) is 13.0 Å². The summed E-state index contributed by atoms with van der Waals surface area (Å²) in [5.41, 5.74) is -0.0996. The third kappa shape index (κ3) is 3.32. The predicted molar refractivity (Wildman–Crippen MR) is 75.2 cm³/mol. The summed E-state index contributed by atoms with van der Waals surface area (Å²) in [5, 5.41) is 22.9. The predicted octanol–water partition coefficient (Wildman–Crippen LogP) is 0.974. The first-order valence-corrected chi connectivity index (χ1v) is 7.83. The molecule has 1 spiro atoms. The van der Waals surface area contributed by atoms with Gasteiger partial charge >= 0.3 is 5.97 Å². The number of nitrogens with one attached hydrogen (secondary N) is 1. The summed E-state index contributed by atoms with van der Waals surface area (Å²) in [6.07, 6.45) is 5.83. The maximum absolute atomic E-state index is 11.6. The van der Waals surface area contributed by atoms with Crippen molar-refractivity contribution in [1.82, 2.24) is 5.32 Å². The summed E-state index contributed by atoms with van der Waals surface area (Å²) in [5.74, 6) is -0.0585. The van der Waals surface area contributed by atoms with Gasteiger partial charge in [-0.2, -0.15) is 0 Å². The summed E-state index contributed by atoms with van der Waals surface area (Å²) in [4.78, 5) is 11.6. The molecular formula is C15H27NO4. The number of esters is 1. The first kappa shape index (κ1) is 15.7. The highest BCUT2D eigenvalue weighted by Gasteiger charge is 2.48. The zero-order chi connectivity index (χ0) is 14.6. The lowest BCUT2D eigenvalue weighted by Crippen LogP contribution is -2.58. The van der Waals surface area contributed by atoms with Crippen molar-refractivity contribution in [2.75, 3.05) is 13.2 Å². The Morgan fingerprint density at radius 3 is 2.75 bits per heavy atom. The summed E-state index contributed by atoms with van der Waals surface area (Å²) in [7, 11) is 0. The maximum Gasteiger partial charge on any atom is 0.307 e. The van der Waals surface area contributed by atoms with Crippen molar-refractivity contribution in [3.8, 4) is 0 Å². The van der Waals surface area contributed by atoms with Gasteiger partial charge in [0.1, 0.15) is 0 Å². The van der Waals surface area contributed by atoms with E-state index in [-0.39, 0.29) is 30.1 Å². The molecule has 2 aliphatic rings. The molecule has 2 rings (SSSR count). The highest BCUT2D eigenvalue weighted by molar-refractivity contribution is 5.70. The van der Waals surface area contributed by atoms with E-state index in [9.17, 15) is 15.0 Å². The summed E-state index contributed by atoms with van der Waals surface area (Å²) in [6, 6.07) is 0.134. The second kappa shape index (κ2) is 6.87. The molecule has 0 amide bonds. The quantitative estimate of drug-likeness (QED) is 0.656. The molecule has 1 heterocycles. The van der Waals surface area contributed by atoms with Crippen LogP contribution in [0.5, 0.6) is 0 Å². The minimum atomic E-state index is -0.661. The van der Waals surface area contributed by atoms with Gasteiger partial charge in [-0.15, -0.1) is 0 Å². The lowest BCUT2D eigenvalue weighted by Gasteiger charge is -2.45. The van der Waals surface area contributed by atoms with Crippen LogP contribution in [0.2, 0.25) is 0 Å². The fourth-order valence-electron chi connectivity index (χ4n) is 4.07. The summed E-state index contributed by atoms with van der Waals surface area (Å²) in [6.45, 7) is 2.05. The Hall–Kier alpha value is -0.650. The Morgan fingerprint density at radius 2 is 2.10 bits per heavy atom. The van der Waals surface area contributed by atoms with E-state index in [4.69, 9.17) is 4.74 Å². The monoisotopic (exact) mass is 285 g/mol. The lowest BCUT2D eigenvalue weighted by molar-refractivity contribution is -0.144. The second-order valence-electron chi connectivity index (χ2n) is 6.15. The number of ether oxygens (including phenoxy) is 1. The third-order valence-corrected chi connectivity index (χ3v) is 4.88.